The second-order valence-corrected chi connectivity index (χ2v) is 3.61. The summed E-state index contributed by atoms with van der Waals surface area (Å²) in [6, 6.07) is -0.778. The van der Waals surface area contributed by atoms with Crippen LogP contribution in [0.5, 0.6) is 0 Å². The van der Waals surface area contributed by atoms with Gasteiger partial charge < -0.3 is 11.5 Å². The van der Waals surface area contributed by atoms with Gasteiger partial charge in [0.2, 0.25) is 6.04 Å². The highest BCUT2D eigenvalue weighted by molar-refractivity contribution is 4.88. The van der Waals surface area contributed by atoms with Crippen molar-refractivity contribution in [2.45, 2.75) is 37.9 Å². The van der Waals surface area contributed by atoms with Crippen molar-refractivity contribution in [2.24, 2.45) is 17.4 Å². The third-order valence-electron chi connectivity index (χ3n) is 2.67. The summed E-state index contributed by atoms with van der Waals surface area (Å²) in [6.45, 7) is 1.82. The molecular weight excluding hydrogens is 158 g/mol. The van der Waals surface area contributed by atoms with Crippen LogP contribution in [-0.4, -0.2) is 23.0 Å². The van der Waals surface area contributed by atoms with E-state index in [0.717, 1.165) is 0 Å². The van der Waals surface area contributed by atoms with E-state index in [0.29, 0.717) is 12.8 Å². The van der Waals surface area contributed by atoms with Crippen LogP contribution in [0.4, 0.5) is 0 Å². The van der Waals surface area contributed by atoms with Gasteiger partial charge >= 0.3 is 0 Å². The molecule has 1 aliphatic rings. The van der Waals surface area contributed by atoms with E-state index in [-0.39, 0.29) is 22.9 Å². The third kappa shape index (κ3) is 1.73. The predicted octanol–water partition coefficient (Wildman–Crippen LogP) is -0.284. The largest absolute Gasteiger partial charge is 0.327 e. The first-order chi connectivity index (χ1) is 5.52. The van der Waals surface area contributed by atoms with Crippen molar-refractivity contribution in [2.75, 3.05) is 0 Å². The normalized spacial score (nSPS) is 42.6. The second-order valence-electron chi connectivity index (χ2n) is 3.61. The number of nitro groups is 1. The first-order valence-electron chi connectivity index (χ1n) is 4.17. The van der Waals surface area contributed by atoms with Crippen molar-refractivity contribution in [3.8, 4) is 0 Å². The van der Waals surface area contributed by atoms with Gasteiger partial charge in [-0.1, -0.05) is 6.92 Å². The molecule has 5 nitrogen and oxygen atoms in total. The lowest BCUT2D eigenvalue weighted by molar-refractivity contribution is -0.535. The second kappa shape index (κ2) is 3.37. The summed E-state index contributed by atoms with van der Waals surface area (Å²) < 4.78 is 0. The van der Waals surface area contributed by atoms with Crippen LogP contribution in [-0.2, 0) is 0 Å². The fourth-order valence-corrected chi connectivity index (χ4v) is 1.75. The molecule has 12 heavy (non-hydrogen) atoms. The molecule has 1 saturated carbocycles. The summed E-state index contributed by atoms with van der Waals surface area (Å²) in [7, 11) is 0. The number of nitrogens with two attached hydrogens (primary N) is 2. The van der Waals surface area contributed by atoms with Crippen molar-refractivity contribution in [1.29, 1.82) is 0 Å². The molecule has 4 atom stereocenters. The highest BCUT2D eigenvalue weighted by Crippen LogP contribution is 2.24. The van der Waals surface area contributed by atoms with Gasteiger partial charge in [0.15, 0.2) is 0 Å². The van der Waals surface area contributed by atoms with Crippen LogP contribution in [0.3, 0.4) is 0 Å². The van der Waals surface area contributed by atoms with Gasteiger partial charge in [0.05, 0.1) is 0 Å². The molecule has 0 aromatic carbocycles. The average molecular weight is 173 g/mol. The van der Waals surface area contributed by atoms with Gasteiger partial charge in [0.25, 0.3) is 0 Å². The molecule has 0 spiro atoms. The molecule has 70 valence electrons. The van der Waals surface area contributed by atoms with Crippen LogP contribution in [0, 0.1) is 16.0 Å². The summed E-state index contributed by atoms with van der Waals surface area (Å²) in [6.07, 6.45) is 1.16. The molecule has 4 unspecified atom stereocenters. The van der Waals surface area contributed by atoms with Crippen LogP contribution in [0.25, 0.3) is 0 Å². The quantitative estimate of drug-likeness (QED) is 0.421. The Hall–Kier alpha value is -0.680. The molecule has 0 radical (unpaired) electrons. The van der Waals surface area contributed by atoms with E-state index in [1.807, 2.05) is 6.92 Å². The molecule has 1 aliphatic carbocycles. The molecule has 0 aromatic rings. The zero-order valence-electron chi connectivity index (χ0n) is 7.14. The van der Waals surface area contributed by atoms with E-state index in [1.165, 1.54) is 0 Å². The molecule has 0 aliphatic heterocycles. The van der Waals surface area contributed by atoms with Crippen LogP contribution in [0.1, 0.15) is 19.8 Å². The number of hydrogen-bond acceptors (Lipinski definition) is 4. The Kier molecular flexibility index (Phi) is 2.64. The Balaban J connectivity index is 2.66. The molecule has 1 rings (SSSR count). The van der Waals surface area contributed by atoms with E-state index >= 15 is 0 Å². The maximum Gasteiger partial charge on any atom is 0.218 e. The Morgan fingerprint density at radius 3 is 2.50 bits per heavy atom. The predicted molar refractivity (Wildman–Crippen MR) is 45.1 cm³/mol. The molecule has 0 aromatic heterocycles. The Bertz CT molecular complexity index is 185. The molecule has 1 fully saturated rings. The fraction of sp³-hybridized carbons (Fsp3) is 1.00. The summed E-state index contributed by atoms with van der Waals surface area (Å²) in [4.78, 5) is 10.3. The van der Waals surface area contributed by atoms with E-state index in [9.17, 15) is 10.1 Å². The van der Waals surface area contributed by atoms with Crippen molar-refractivity contribution in [3.63, 3.8) is 0 Å². The van der Waals surface area contributed by atoms with Crippen LogP contribution < -0.4 is 11.5 Å². The minimum absolute atomic E-state index is 0.0557. The smallest absolute Gasteiger partial charge is 0.218 e. The Morgan fingerprint density at radius 1 is 1.42 bits per heavy atom. The minimum Gasteiger partial charge on any atom is -0.327 e. The molecule has 4 N–H and O–H groups in total. The third-order valence-corrected chi connectivity index (χ3v) is 2.67. The molecule has 5 heteroatoms. The zero-order chi connectivity index (χ0) is 9.30. The summed E-state index contributed by atoms with van der Waals surface area (Å²) >= 11 is 0. The number of rotatable bonds is 1. The average Bonchev–Trinajstić information content (AvgIpc) is 1.96. The molecule has 0 bridgehead atoms. The van der Waals surface area contributed by atoms with Gasteiger partial charge in [0.1, 0.15) is 0 Å². The molecule has 0 amide bonds. The van der Waals surface area contributed by atoms with E-state index < -0.39 is 6.04 Å². The van der Waals surface area contributed by atoms with Crippen molar-refractivity contribution in [1.82, 2.24) is 0 Å². The molecule has 0 heterocycles. The minimum atomic E-state index is -0.552. The maximum absolute atomic E-state index is 10.6. The SMILES string of the molecule is CC1C(N)CC(N)CC1[N+](=O)[O-]. The van der Waals surface area contributed by atoms with Crippen LogP contribution in [0.2, 0.25) is 0 Å². The molecule has 0 saturated heterocycles. The van der Waals surface area contributed by atoms with Crippen molar-refractivity contribution < 1.29 is 4.92 Å². The van der Waals surface area contributed by atoms with E-state index in [2.05, 4.69) is 0 Å². The summed E-state index contributed by atoms with van der Waals surface area (Å²) in [5.74, 6) is -0.0557. The van der Waals surface area contributed by atoms with E-state index in [4.69, 9.17) is 11.5 Å². The summed E-state index contributed by atoms with van der Waals surface area (Å²) in [5, 5.41) is 10.6. The Labute approximate surface area is 71.3 Å². The lowest BCUT2D eigenvalue weighted by atomic mass is 9.80. The fourth-order valence-electron chi connectivity index (χ4n) is 1.75. The first kappa shape index (κ1) is 9.41. The Morgan fingerprint density at radius 2 is 2.00 bits per heavy atom. The highest BCUT2D eigenvalue weighted by atomic mass is 16.6. The lowest BCUT2D eigenvalue weighted by Gasteiger charge is -2.31. The zero-order valence-corrected chi connectivity index (χ0v) is 7.14. The van der Waals surface area contributed by atoms with Crippen LogP contribution >= 0.6 is 0 Å². The molecular formula is C7H15N3O2. The highest BCUT2D eigenvalue weighted by Gasteiger charge is 2.38. The standard InChI is InChI=1S/C7H15N3O2/c1-4-6(9)2-5(8)3-7(4)10(11)12/h4-7H,2-3,8-9H2,1H3. The first-order valence-corrected chi connectivity index (χ1v) is 4.17. The van der Waals surface area contributed by atoms with Gasteiger partial charge in [-0.15, -0.1) is 0 Å². The lowest BCUT2D eigenvalue weighted by Crippen LogP contribution is -2.50. The van der Waals surface area contributed by atoms with Gasteiger partial charge in [-0.05, 0) is 6.42 Å². The van der Waals surface area contributed by atoms with Gasteiger partial charge in [0, 0.05) is 29.3 Å². The van der Waals surface area contributed by atoms with E-state index in [1.54, 1.807) is 0 Å². The maximum atomic E-state index is 10.6. The van der Waals surface area contributed by atoms with Gasteiger partial charge in [-0.25, -0.2) is 0 Å². The summed E-state index contributed by atoms with van der Waals surface area (Å²) in [5.41, 5.74) is 11.3. The van der Waals surface area contributed by atoms with Crippen LogP contribution in [0.15, 0.2) is 0 Å². The monoisotopic (exact) mass is 173 g/mol. The van der Waals surface area contributed by atoms with Gasteiger partial charge in [-0.3, -0.25) is 10.1 Å². The van der Waals surface area contributed by atoms with Crippen molar-refractivity contribution in [3.05, 3.63) is 10.1 Å². The van der Waals surface area contributed by atoms with Gasteiger partial charge in [-0.2, -0.15) is 0 Å². The number of nitrogens with zero attached hydrogens (tertiary/aromatic N) is 1. The number of hydrogen-bond donors (Lipinski definition) is 2. The topological polar surface area (TPSA) is 95.2 Å². The van der Waals surface area contributed by atoms with Crippen molar-refractivity contribution >= 4 is 0 Å².